The van der Waals surface area contributed by atoms with E-state index in [0.717, 1.165) is 4.31 Å². The Morgan fingerprint density at radius 2 is 1.62 bits per heavy atom. The maximum Gasteiger partial charge on any atom is 0.243 e. The summed E-state index contributed by atoms with van der Waals surface area (Å²) in [5.74, 6) is -0.780. The van der Waals surface area contributed by atoms with Gasteiger partial charge in [-0.2, -0.15) is 4.31 Å². The Labute approximate surface area is 141 Å². The van der Waals surface area contributed by atoms with Crippen LogP contribution in [0.4, 0.5) is 10.1 Å². The molecule has 7 heteroatoms. The number of nitrogens with zero attached hydrogens (tertiary/aromatic N) is 2. The largest absolute Gasteiger partial charge is 0.312 e. The van der Waals surface area contributed by atoms with Crippen LogP contribution in [0.15, 0.2) is 59.5 Å². The lowest BCUT2D eigenvalue weighted by Crippen LogP contribution is -2.41. The first-order valence-electron chi connectivity index (χ1n) is 7.43. The second kappa shape index (κ2) is 7.55. The van der Waals surface area contributed by atoms with Crippen LogP contribution in [0.3, 0.4) is 0 Å². The van der Waals surface area contributed by atoms with Crippen LogP contribution in [-0.2, 0) is 14.8 Å². The molecule has 2 rings (SSSR count). The Kier molecular flexibility index (Phi) is 5.69. The van der Waals surface area contributed by atoms with Gasteiger partial charge in [0.1, 0.15) is 5.82 Å². The Morgan fingerprint density at radius 1 is 1.04 bits per heavy atom. The van der Waals surface area contributed by atoms with Crippen molar-refractivity contribution in [1.29, 1.82) is 0 Å². The standard InChI is InChI=1S/C17H19FN2O3S/c1-3-20(15-11-9-14(18)10-12-15)17(21)13-19(2)24(22,23)16-7-5-4-6-8-16/h4-12H,3,13H2,1-2H3. The van der Waals surface area contributed by atoms with Crippen molar-refractivity contribution in [2.75, 3.05) is 25.0 Å². The van der Waals surface area contributed by atoms with Gasteiger partial charge < -0.3 is 4.90 Å². The van der Waals surface area contributed by atoms with Crippen molar-refractivity contribution in [3.63, 3.8) is 0 Å². The first-order valence-corrected chi connectivity index (χ1v) is 8.87. The summed E-state index contributed by atoms with van der Waals surface area (Å²) in [7, 11) is -2.38. The van der Waals surface area contributed by atoms with E-state index in [4.69, 9.17) is 0 Å². The summed E-state index contributed by atoms with van der Waals surface area (Å²) < 4.78 is 39.0. The number of hydrogen-bond donors (Lipinski definition) is 0. The van der Waals surface area contributed by atoms with Gasteiger partial charge >= 0.3 is 0 Å². The molecule has 0 heterocycles. The average Bonchev–Trinajstić information content (AvgIpc) is 2.58. The zero-order valence-corrected chi connectivity index (χ0v) is 14.3. The molecule has 1 amide bonds. The van der Waals surface area contributed by atoms with E-state index in [-0.39, 0.29) is 17.3 Å². The summed E-state index contributed by atoms with van der Waals surface area (Å²) in [5, 5.41) is 0. The second-order valence-electron chi connectivity index (χ2n) is 5.19. The molecule has 24 heavy (non-hydrogen) atoms. The van der Waals surface area contributed by atoms with Crippen LogP contribution in [0.2, 0.25) is 0 Å². The highest BCUT2D eigenvalue weighted by Crippen LogP contribution is 2.17. The predicted octanol–water partition coefficient (Wildman–Crippen LogP) is 2.50. The number of anilines is 1. The summed E-state index contributed by atoms with van der Waals surface area (Å²) in [6.45, 7) is 1.82. The van der Waals surface area contributed by atoms with Crippen LogP contribution in [0.1, 0.15) is 6.92 Å². The van der Waals surface area contributed by atoms with Gasteiger partial charge in [-0.05, 0) is 43.3 Å². The molecule has 0 saturated carbocycles. The quantitative estimate of drug-likeness (QED) is 0.804. The van der Waals surface area contributed by atoms with E-state index in [2.05, 4.69) is 0 Å². The number of rotatable bonds is 6. The fourth-order valence-electron chi connectivity index (χ4n) is 2.26. The number of likely N-dealkylation sites (N-methyl/N-ethyl adjacent to an activating group) is 2. The van der Waals surface area contributed by atoms with Gasteiger partial charge in [0, 0.05) is 19.3 Å². The molecule has 2 aromatic carbocycles. The number of hydrogen-bond acceptors (Lipinski definition) is 3. The van der Waals surface area contributed by atoms with Gasteiger partial charge in [-0.1, -0.05) is 18.2 Å². The molecule has 128 valence electrons. The average molecular weight is 350 g/mol. The molecule has 0 atom stereocenters. The van der Waals surface area contributed by atoms with Crippen molar-refractivity contribution in [3.8, 4) is 0 Å². The number of carbonyl (C=O) groups excluding carboxylic acids is 1. The lowest BCUT2D eigenvalue weighted by molar-refractivity contribution is -0.118. The summed E-state index contributed by atoms with van der Waals surface area (Å²) in [6, 6.07) is 13.4. The maximum absolute atomic E-state index is 13.0. The molecule has 0 aliphatic carbocycles. The number of amides is 1. The highest BCUT2D eigenvalue weighted by molar-refractivity contribution is 7.89. The fraction of sp³-hybridized carbons (Fsp3) is 0.235. The molecule has 0 fully saturated rings. The third-order valence-corrected chi connectivity index (χ3v) is 5.38. The molecule has 0 aromatic heterocycles. The van der Waals surface area contributed by atoms with E-state index in [0.29, 0.717) is 12.2 Å². The SMILES string of the molecule is CCN(C(=O)CN(C)S(=O)(=O)c1ccccc1)c1ccc(F)cc1. The van der Waals surface area contributed by atoms with Crippen molar-refractivity contribution in [1.82, 2.24) is 4.31 Å². The zero-order valence-electron chi connectivity index (χ0n) is 13.5. The van der Waals surface area contributed by atoms with Crippen LogP contribution in [0, 0.1) is 5.82 Å². The van der Waals surface area contributed by atoms with Crippen LogP contribution in [-0.4, -0.2) is 38.8 Å². The summed E-state index contributed by atoms with van der Waals surface area (Å²) in [6.07, 6.45) is 0. The Hall–Kier alpha value is -2.25. The van der Waals surface area contributed by atoms with E-state index in [9.17, 15) is 17.6 Å². The predicted molar refractivity (Wildman–Crippen MR) is 90.7 cm³/mol. The van der Waals surface area contributed by atoms with E-state index in [1.807, 2.05) is 0 Å². The maximum atomic E-state index is 13.0. The van der Waals surface area contributed by atoms with Gasteiger partial charge in [0.05, 0.1) is 11.4 Å². The summed E-state index contributed by atoms with van der Waals surface area (Å²) >= 11 is 0. The molecule has 0 unspecified atom stereocenters. The smallest absolute Gasteiger partial charge is 0.243 e. The number of sulfonamides is 1. The third kappa shape index (κ3) is 3.98. The summed E-state index contributed by atoms with van der Waals surface area (Å²) in [5.41, 5.74) is 0.523. The normalized spacial score (nSPS) is 11.5. The van der Waals surface area contributed by atoms with Crippen LogP contribution in [0.5, 0.6) is 0 Å². The minimum absolute atomic E-state index is 0.130. The van der Waals surface area contributed by atoms with Crippen molar-refractivity contribution in [3.05, 3.63) is 60.4 Å². The molecule has 0 aliphatic heterocycles. The van der Waals surface area contributed by atoms with Crippen LogP contribution in [0.25, 0.3) is 0 Å². The molecule has 0 spiro atoms. The van der Waals surface area contributed by atoms with Crippen molar-refractivity contribution in [2.45, 2.75) is 11.8 Å². The Bertz CT molecular complexity index is 792. The van der Waals surface area contributed by atoms with E-state index in [1.54, 1.807) is 25.1 Å². The summed E-state index contributed by atoms with van der Waals surface area (Å²) in [4.78, 5) is 14.0. The monoisotopic (exact) mass is 350 g/mol. The molecule has 0 N–H and O–H groups in total. The Morgan fingerprint density at radius 3 is 2.17 bits per heavy atom. The minimum atomic E-state index is -3.74. The highest BCUT2D eigenvalue weighted by Gasteiger charge is 2.25. The molecular weight excluding hydrogens is 331 g/mol. The van der Waals surface area contributed by atoms with E-state index >= 15 is 0 Å². The van der Waals surface area contributed by atoms with Crippen molar-refractivity contribution >= 4 is 21.6 Å². The van der Waals surface area contributed by atoms with Gasteiger partial charge in [0.2, 0.25) is 15.9 Å². The van der Waals surface area contributed by atoms with Gasteiger partial charge in [-0.25, -0.2) is 12.8 Å². The van der Waals surface area contributed by atoms with Gasteiger partial charge in [0.25, 0.3) is 0 Å². The molecule has 0 saturated heterocycles. The molecule has 0 aliphatic rings. The molecule has 5 nitrogen and oxygen atoms in total. The number of benzene rings is 2. The van der Waals surface area contributed by atoms with E-state index < -0.39 is 15.8 Å². The minimum Gasteiger partial charge on any atom is -0.312 e. The topological polar surface area (TPSA) is 57.7 Å². The lowest BCUT2D eigenvalue weighted by Gasteiger charge is -2.24. The zero-order chi connectivity index (χ0) is 17.7. The third-order valence-electron chi connectivity index (χ3n) is 3.56. The lowest BCUT2D eigenvalue weighted by atomic mass is 10.2. The molecule has 0 radical (unpaired) electrons. The first-order chi connectivity index (χ1) is 11.4. The number of halogens is 1. The van der Waals surface area contributed by atoms with Gasteiger partial charge in [-0.3, -0.25) is 4.79 Å². The highest BCUT2D eigenvalue weighted by atomic mass is 32.2. The van der Waals surface area contributed by atoms with Gasteiger partial charge in [-0.15, -0.1) is 0 Å². The van der Waals surface area contributed by atoms with Crippen molar-refractivity contribution in [2.24, 2.45) is 0 Å². The van der Waals surface area contributed by atoms with Crippen LogP contribution < -0.4 is 4.90 Å². The molecule has 0 bridgehead atoms. The second-order valence-corrected chi connectivity index (χ2v) is 7.23. The van der Waals surface area contributed by atoms with Crippen molar-refractivity contribution < 1.29 is 17.6 Å². The van der Waals surface area contributed by atoms with Crippen LogP contribution >= 0.6 is 0 Å². The fourth-order valence-corrected chi connectivity index (χ4v) is 3.40. The van der Waals surface area contributed by atoms with E-state index in [1.165, 1.54) is 48.3 Å². The molecular formula is C17H19FN2O3S. The first kappa shape index (κ1) is 18.1. The molecule has 2 aromatic rings. The Balaban J connectivity index is 2.16. The number of carbonyl (C=O) groups is 1. The van der Waals surface area contributed by atoms with Gasteiger partial charge in [0.15, 0.2) is 0 Å².